The fourth-order valence-corrected chi connectivity index (χ4v) is 2.87. The Hall–Kier alpha value is -1.53. The van der Waals surface area contributed by atoms with E-state index in [0.29, 0.717) is 24.4 Å². The molecule has 1 fully saturated rings. The molecule has 134 valence electrons. The summed E-state index contributed by atoms with van der Waals surface area (Å²) in [5, 5.41) is 2.93. The van der Waals surface area contributed by atoms with E-state index in [0.717, 1.165) is 44.9 Å². The summed E-state index contributed by atoms with van der Waals surface area (Å²) in [6, 6.07) is 3.76. The highest BCUT2D eigenvalue weighted by Gasteiger charge is 2.16. The fraction of sp³-hybridized carbons (Fsp3) is 0.611. The molecule has 0 saturated carbocycles. The quantitative estimate of drug-likeness (QED) is 0.824. The van der Waals surface area contributed by atoms with E-state index >= 15 is 0 Å². The summed E-state index contributed by atoms with van der Waals surface area (Å²) in [6.45, 7) is 8.09. The van der Waals surface area contributed by atoms with Gasteiger partial charge in [-0.1, -0.05) is 13.0 Å². The van der Waals surface area contributed by atoms with Crippen molar-refractivity contribution in [1.29, 1.82) is 0 Å². The molecule has 0 bridgehead atoms. The molecule has 2 rings (SSSR count). The van der Waals surface area contributed by atoms with Crippen LogP contribution in [0.15, 0.2) is 18.2 Å². The molecule has 0 aromatic heterocycles. The van der Waals surface area contributed by atoms with Crippen molar-refractivity contribution in [3.05, 3.63) is 35.4 Å². The predicted molar refractivity (Wildman–Crippen MR) is 90.8 cm³/mol. The highest BCUT2D eigenvalue weighted by atomic mass is 19.2. The molecule has 1 N–H and O–H groups in total. The molecule has 24 heavy (non-hydrogen) atoms. The summed E-state index contributed by atoms with van der Waals surface area (Å²) in [7, 11) is 2.13. The van der Waals surface area contributed by atoms with Crippen molar-refractivity contribution in [2.24, 2.45) is 5.92 Å². The van der Waals surface area contributed by atoms with E-state index in [1.807, 2.05) is 0 Å². The predicted octanol–water partition coefficient (Wildman–Crippen LogP) is 1.90. The number of hydrogen-bond donors (Lipinski definition) is 1. The second kappa shape index (κ2) is 9.08. The molecule has 0 aliphatic carbocycles. The normalized spacial score (nSPS) is 17.7. The van der Waals surface area contributed by atoms with Crippen LogP contribution in [0.2, 0.25) is 0 Å². The zero-order valence-electron chi connectivity index (χ0n) is 14.5. The number of rotatable bonds is 7. The third-order valence-corrected chi connectivity index (χ3v) is 4.44. The number of carbonyl (C=O) groups is 1. The zero-order chi connectivity index (χ0) is 17.5. The van der Waals surface area contributed by atoms with Gasteiger partial charge in [-0.25, -0.2) is 8.78 Å². The molecule has 1 aromatic rings. The van der Waals surface area contributed by atoms with Crippen LogP contribution in [-0.4, -0.2) is 62.0 Å². The molecular formula is C18H27F2N3O. The lowest BCUT2D eigenvalue weighted by atomic mass is 10.1. The van der Waals surface area contributed by atoms with E-state index in [1.54, 1.807) is 0 Å². The summed E-state index contributed by atoms with van der Waals surface area (Å²) in [5.74, 6) is -1.39. The van der Waals surface area contributed by atoms with Gasteiger partial charge >= 0.3 is 0 Å². The van der Waals surface area contributed by atoms with Crippen molar-refractivity contribution < 1.29 is 13.6 Å². The van der Waals surface area contributed by atoms with Gasteiger partial charge in [0.1, 0.15) is 0 Å². The van der Waals surface area contributed by atoms with Gasteiger partial charge in [0.2, 0.25) is 5.91 Å². The van der Waals surface area contributed by atoms with E-state index in [9.17, 15) is 13.6 Å². The highest BCUT2D eigenvalue weighted by molar-refractivity contribution is 5.76. The minimum Gasteiger partial charge on any atom is -0.356 e. The Balaban J connectivity index is 1.64. The minimum atomic E-state index is -0.867. The van der Waals surface area contributed by atoms with Crippen molar-refractivity contribution in [2.45, 2.75) is 19.8 Å². The summed E-state index contributed by atoms with van der Waals surface area (Å²) in [5.41, 5.74) is 0.634. The standard InChI is InChI=1S/C18H27F2N3O/c1-14(13-23-9-7-22(2)8-10-23)12-21-18(24)6-4-15-3-5-16(19)17(20)11-15/h3,5,11,14H,4,6-10,12-13H2,1-2H3,(H,21,24). The largest absolute Gasteiger partial charge is 0.356 e. The fourth-order valence-electron chi connectivity index (χ4n) is 2.87. The van der Waals surface area contributed by atoms with Crippen molar-refractivity contribution in [3.63, 3.8) is 0 Å². The number of hydrogen-bond acceptors (Lipinski definition) is 3. The second-order valence-electron chi connectivity index (χ2n) is 6.76. The van der Waals surface area contributed by atoms with Crippen LogP contribution in [-0.2, 0) is 11.2 Å². The first kappa shape index (κ1) is 18.8. The molecular weight excluding hydrogens is 312 g/mol. The van der Waals surface area contributed by atoms with E-state index in [2.05, 4.69) is 29.1 Å². The van der Waals surface area contributed by atoms with Crippen LogP contribution >= 0.6 is 0 Å². The first-order valence-electron chi connectivity index (χ1n) is 8.55. The number of nitrogens with zero attached hydrogens (tertiary/aromatic N) is 2. The molecule has 1 amide bonds. The van der Waals surface area contributed by atoms with Gasteiger partial charge < -0.3 is 15.1 Å². The zero-order valence-corrected chi connectivity index (χ0v) is 14.5. The highest BCUT2D eigenvalue weighted by Crippen LogP contribution is 2.10. The number of benzene rings is 1. The van der Waals surface area contributed by atoms with Crippen LogP contribution in [0.25, 0.3) is 0 Å². The molecule has 1 saturated heterocycles. The van der Waals surface area contributed by atoms with Gasteiger partial charge in [0, 0.05) is 45.7 Å². The van der Waals surface area contributed by atoms with Gasteiger partial charge in [-0.2, -0.15) is 0 Å². The first-order valence-corrected chi connectivity index (χ1v) is 8.55. The van der Waals surface area contributed by atoms with Gasteiger partial charge in [0.15, 0.2) is 11.6 Å². The van der Waals surface area contributed by atoms with Crippen LogP contribution < -0.4 is 5.32 Å². The molecule has 1 aliphatic heterocycles. The van der Waals surface area contributed by atoms with E-state index in [1.165, 1.54) is 6.07 Å². The topological polar surface area (TPSA) is 35.6 Å². The summed E-state index contributed by atoms with van der Waals surface area (Å²) in [6.07, 6.45) is 0.697. The average Bonchev–Trinajstić information content (AvgIpc) is 2.56. The number of nitrogens with one attached hydrogen (secondary N) is 1. The Morgan fingerprint density at radius 2 is 1.92 bits per heavy atom. The number of amides is 1. The SMILES string of the molecule is CC(CNC(=O)CCc1ccc(F)c(F)c1)CN1CCN(C)CC1. The van der Waals surface area contributed by atoms with Crippen LogP contribution in [0.3, 0.4) is 0 Å². The number of halogens is 2. The molecule has 1 aliphatic rings. The Kier molecular flexibility index (Phi) is 7.12. The maximum Gasteiger partial charge on any atom is 0.220 e. The molecule has 0 spiro atoms. The smallest absolute Gasteiger partial charge is 0.220 e. The van der Waals surface area contributed by atoms with Gasteiger partial charge in [0.05, 0.1) is 0 Å². The average molecular weight is 339 g/mol. The number of carbonyl (C=O) groups excluding carboxylic acids is 1. The van der Waals surface area contributed by atoms with Crippen molar-refractivity contribution in [1.82, 2.24) is 15.1 Å². The third kappa shape index (κ3) is 6.17. The van der Waals surface area contributed by atoms with Crippen LogP contribution in [0.5, 0.6) is 0 Å². The number of likely N-dealkylation sites (N-methyl/N-ethyl adjacent to an activating group) is 1. The molecule has 1 aromatic carbocycles. The Bertz CT molecular complexity index is 545. The summed E-state index contributed by atoms with van der Waals surface area (Å²) < 4.78 is 26.0. The van der Waals surface area contributed by atoms with E-state index < -0.39 is 11.6 Å². The van der Waals surface area contributed by atoms with Crippen LogP contribution in [0.4, 0.5) is 8.78 Å². The molecule has 6 heteroatoms. The van der Waals surface area contributed by atoms with Gasteiger partial charge in [-0.05, 0) is 37.1 Å². The summed E-state index contributed by atoms with van der Waals surface area (Å²) >= 11 is 0. The maximum atomic E-state index is 13.1. The van der Waals surface area contributed by atoms with Crippen LogP contribution in [0.1, 0.15) is 18.9 Å². The van der Waals surface area contributed by atoms with Crippen molar-refractivity contribution in [3.8, 4) is 0 Å². The van der Waals surface area contributed by atoms with Crippen LogP contribution in [0, 0.1) is 17.6 Å². The lowest BCUT2D eigenvalue weighted by molar-refractivity contribution is -0.121. The van der Waals surface area contributed by atoms with Crippen molar-refractivity contribution in [2.75, 3.05) is 46.3 Å². The van der Waals surface area contributed by atoms with Crippen molar-refractivity contribution >= 4 is 5.91 Å². The minimum absolute atomic E-state index is 0.0510. The summed E-state index contributed by atoms with van der Waals surface area (Å²) in [4.78, 5) is 16.7. The Morgan fingerprint density at radius 1 is 1.21 bits per heavy atom. The van der Waals surface area contributed by atoms with Gasteiger partial charge in [-0.15, -0.1) is 0 Å². The Labute approximate surface area is 142 Å². The lowest BCUT2D eigenvalue weighted by Crippen LogP contribution is -2.46. The number of piperazine rings is 1. The molecule has 1 heterocycles. The Morgan fingerprint density at radius 3 is 2.58 bits per heavy atom. The first-order chi connectivity index (χ1) is 11.4. The molecule has 1 atom stereocenters. The van der Waals surface area contributed by atoms with E-state index in [4.69, 9.17) is 0 Å². The molecule has 4 nitrogen and oxygen atoms in total. The van der Waals surface area contributed by atoms with E-state index in [-0.39, 0.29) is 12.3 Å². The lowest BCUT2D eigenvalue weighted by Gasteiger charge is -2.33. The molecule has 1 unspecified atom stereocenters. The number of aryl methyl sites for hydroxylation is 1. The second-order valence-corrected chi connectivity index (χ2v) is 6.76. The van der Waals surface area contributed by atoms with Gasteiger partial charge in [-0.3, -0.25) is 4.79 Å². The van der Waals surface area contributed by atoms with Gasteiger partial charge in [0.25, 0.3) is 0 Å². The monoisotopic (exact) mass is 339 g/mol. The third-order valence-electron chi connectivity index (χ3n) is 4.44. The maximum absolute atomic E-state index is 13.1. The molecule has 0 radical (unpaired) electrons.